The predicted octanol–water partition coefficient (Wildman–Crippen LogP) is 0.408. The molecule has 1 amide bonds. The minimum absolute atomic E-state index is 0.0910. The van der Waals surface area contributed by atoms with E-state index in [4.69, 9.17) is 5.11 Å². The Hall–Kier alpha value is -1.40. The molecule has 0 aromatic carbocycles. The van der Waals surface area contributed by atoms with Crippen LogP contribution >= 0.6 is 11.3 Å². The predicted molar refractivity (Wildman–Crippen MR) is 57.4 cm³/mol. The summed E-state index contributed by atoms with van der Waals surface area (Å²) < 4.78 is 0. The maximum atomic E-state index is 11.9. The van der Waals surface area contributed by atoms with E-state index in [1.54, 1.807) is 17.5 Å². The van der Waals surface area contributed by atoms with Crippen molar-refractivity contribution in [1.82, 2.24) is 4.90 Å². The summed E-state index contributed by atoms with van der Waals surface area (Å²) in [5.41, 5.74) is 0. The molecule has 1 aromatic rings. The number of aliphatic carboxylic acids is 1. The maximum Gasteiger partial charge on any atom is 0.326 e. The largest absolute Gasteiger partial charge is 0.480 e. The van der Waals surface area contributed by atoms with Gasteiger partial charge in [-0.2, -0.15) is 0 Å². The zero-order valence-corrected chi connectivity index (χ0v) is 9.18. The van der Waals surface area contributed by atoms with Crippen LogP contribution in [0.15, 0.2) is 17.5 Å². The Balaban J connectivity index is 2.20. The van der Waals surface area contributed by atoms with Gasteiger partial charge in [0, 0.05) is 13.0 Å². The number of thiophene rings is 1. The lowest BCUT2D eigenvalue weighted by Crippen LogP contribution is -2.40. The second-order valence-electron chi connectivity index (χ2n) is 3.68. The highest BCUT2D eigenvalue weighted by atomic mass is 32.1. The highest BCUT2D eigenvalue weighted by Gasteiger charge is 2.39. The van der Waals surface area contributed by atoms with Crippen LogP contribution in [-0.2, 0) is 4.79 Å². The van der Waals surface area contributed by atoms with Gasteiger partial charge >= 0.3 is 5.97 Å². The molecule has 0 saturated carbocycles. The lowest BCUT2D eigenvalue weighted by molar-refractivity contribution is -0.141. The molecule has 0 aliphatic carbocycles. The maximum absolute atomic E-state index is 11.9. The molecular weight excluding hydrogens is 230 g/mol. The van der Waals surface area contributed by atoms with Crippen molar-refractivity contribution >= 4 is 23.2 Å². The van der Waals surface area contributed by atoms with Gasteiger partial charge in [0.2, 0.25) is 0 Å². The monoisotopic (exact) mass is 241 g/mol. The van der Waals surface area contributed by atoms with Crippen LogP contribution in [0.2, 0.25) is 0 Å². The van der Waals surface area contributed by atoms with E-state index in [0.29, 0.717) is 4.88 Å². The van der Waals surface area contributed by atoms with Gasteiger partial charge in [-0.25, -0.2) is 4.79 Å². The number of carboxylic acids is 1. The molecule has 86 valence electrons. The number of nitrogens with zero attached hydrogens (tertiary/aromatic N) is 1. The lowest BCUT2D eigenvalue weighted by atomic mass is 10.2. The van der Waals surface area contributed by atoms with E-state index in [1.165, 1.54) is 16.2 Å². The van der Waals surface area contributed by atoms with Crippen LogP contribution in [0.1, 0.15) is 16.1 Å². The summed E-state index contributed by atoms with van der Waals surface area (Å²) in [6.07, 6.45) is -0.642. The van der Waals surface area contributed by atoms with Crippen molar-refractivity contribution in [1.29, 1.82) is 0 Å². The average molecular weight is 241 g/mol. The van der Waals surface area contributed by atoms with E-state index in [-0.39, 0.29) is 18.9 Å². The quantitative estimate of drug-likeness (QED) is 0.786. The van der Waals surface area contributed by atoms with E-state index in [1.807, 2.05) is 0 Å². The molecule has 1 fully saturated rings. The van der Waals surface area contributed by atoms with Crippen molar-refractivity contribution in [2.75, 3.05) is 6.54 Å². The highest BCUT2D eigenvalue weighted by Crippen LogP contribution is 2.22. The Morgan fingerprint density at radius 3 is 2.81 bits per heavy atom. The molecule has 0 bridgehead atoms. The van der Waals surface area contributed by atoms with Crippen molar-refractivity contribution in [3.63, 3.8) is 0 Å². The molecule has 2 heterocycles. The lowest BCUT2D eigenvalue weighted by Gasteiger charge is -2.20. The van der Waals surface area contributed by atoms with Crippen molar-refractivity contribution in [2.24, 2.45) is 0 Å². The van der Waals surface area contributed by atoms with Gasteiger partial charge in [-0.1, -0.05) is 6.07 Å². The minimum atomic E-state index is -1.07. The molecule has 0 radical (unpaired) electrons. The number of carbonyl (C=O) groups is 2. The van der Waals surface area contributed by atoms with Gasteiger partial charge in [0.25, 0.3) is 5.91 Å². The van der Waals surface area contributed by atoms with Crippen LogP contribution in [0.4, 0.5) is 0 Å². The third kappa shape index (κ3) is 1.94. The smallest absolute Gasteiger partial charge is 0.326 e. The van der Waals surface area contributed by atoms with Crippen LogP contribution in [-0.4, -0.2) is 45.7 Å². The average Bonchev–Trinajstić information content (AvgIpc) is 2.84. The Labute approximate surface area is 95.9 Å². The summed E-state index contributed by atoms with van der Waals surface area (Å²) in [7, 11) is 0. The standard InChI is InChI=1S/C10H11NO4S/c12-6-4-7(10(14)15)11(5-6)9(13)8-2-1-3-16-8/h1-3,6-7,12H,4-5H2,(H,14,15)/t6-,7-/m0/s1. The summed E-state index contributed by atoms with van der Waals surface area (Å²) in [4.78, 5) is 24.6. The molecule has 0 spiro atoms. The van der Waals surface area contributed by atoms with Gasteiger partial charge in [-0.05, 0) is 11.4 Å². The van der Waals surface area contributed by atoms with Crippen molar-refractivity contribution < 1.29 is 19.8 Å². The van der Waals surface area contributed by atoms with Crippen LogP contribution < -0.4 is 0 Å². The van der Waals surface area contributed by atoms with Gasteiger partial charge in [0.05, 0.1) is 11.0 Å². The molecule has 1 aromatic heterocycles. The van der Waals surface area contributed by atoms with Crippen molar-refractivity contribution in [3.05, 3.63) is 22.4 Å². The van der Waals surface area contributed by atoms with Crippen molar-refractivity contribution in [2.45, 2.75) is 18.6 Å². The second kappa shape index (κ2) is 4.23. The summed E-state index contributed by atoms with van der Waals surface area (Å²) in [5.74, 6) is -1.39. The molecular formula is C10H11NO4S. The number of β-amino-alcohol motifs (C(OH)–C–C–N with tert-alkyl or cyclic N) is 1. The molecule has 1 aliphatic rings. The van der Waals surface area contributed by atoms with E-state index < -0.39 is 18.1 Å². The number of amides is 1. The number of carbonyl (C=O) groups excluding carboxylic acids is 1. The number of rotatable bonds is 2. The minimum Gasteiger partial charge on any atom is -0.480 e. The van der Waals surface area contributed by atoms with Gasteiger partial charge in [0.15, 0.2) is 0 Å². The third-order valence-corrected chi connectivity index (χ3v) is 3.41. The van der Waals surface area contributed by atoms with E-state index >= 15 is 0 Å². The van der Waals surface area contributed by atoms with Crippen LogP contribution in [0, 0.1) is 0 Å². The SMILES string of the molecule is O=C(O)[C@@H]1C[C@H](O)CN1C(=O)c1cccs1. The summed E-state index contributed by atoms with van der Waals surface area (Å²) >= 11 is 1.27. The molecule has 2 N–H and O–H groups in total. The van der Waals surface area contributed by atoms with Gasteiger partial charge < -0.3 is 15.1 Å². The fourth-order valence-corrected chi connectivity index (χ4v) is 2.49. The Morgan fingerprint density at radius 1 is 1.50 bits per heavy atom. The number of likely N-dealkylation sites (tertiary alicyclic amines) is 1. The number of carboxylic acid groups (broad SMARTS) is 1. The number of aliphatic hydroxyl groups excluding tert-OH is 1. The van der Waals surface area contributed by atoms with Crippen LogP contribution in [0.5, 0.6) is 0 Å². The first-order valence-electron chi connectivity index (χ1n) is 4.85. The highest BCUT2D eigenvalue weighted by molar-refractivity contribution is 7.12. The fourth-order valence-electron chi connectivity index (χ4n) is 1.81. The van der Waals surface area contributed by atoms with Crippen molar-refractivity contribution in [3.8, 4) is 0 Å². The molecule has 2 rings (SSSR count). The third-order valence-electron chi connectivity index (χ3n) is 2.56. The fraction of sp³-hybridized carbons (Fsp3) is 0.400. The molecule has 0 unspecified atom stereocenters. The number of hydrogen-bond acceptors (Lipinski definition) is 4. The Bertz CT molecular complexity index is 403. The first-order chi connectivity index (χ1) is 7.59. The summed E-state index contributed by atoms with van der Waals surface area (Å²) in [5, 5.41) is 20.1. The first-order valence-corrected chi connectivity index (χ1v) is 5.73. The summed E-state index contributed by atoms with van der Waals surface area (Å²) in [6.45, 7) is 0.0910. The molecule has 16 heavy (non-hydrogen) atoms. The Morgan fingerprint density at radius 2 is 2.25 bits per heavy atom. The van der Waals surface area contributed by atoms with Gasteiger partial charge in [-0.15, -0.1) is 11.3 Å². The number of hydrogen-bond donors (Lipinski definition) is 2. The molecule has 1 aliphatic heterocycles. The molecule has 2 atom stereocenters. The molecule has 5 nitrogen and oxygen atoms in total. The van der Waals surface area contributed by atoms with E-state index in [9.17, 15) is 14.7 Å². The molecule has 1 saturated heterocycles. The topological polar surface area (TPSA) is 77.8 Å². The molecule has 6 heteroatoms. The first kappa shape index (κ1) is 11.1. The van der Waals surface area contributed by atoms with Crippen LogP contribution in [0.25, 0.3) is 0 Å². The second-order valence-corrected chi connectivity index (χ2v) is 4.63. The summed E-state index contributed by atoms with van der Waals surface area (Å²) in [6, 6.07) is 2.47. The zero-order valence-electron chi connectivity index (χ0n) is 8.37. The van der Waals surface area contributed by atoms with Crippen LogP contribution in [0.3, 0.4) is 0 Å². The normalized spacial score (nSPS) is 24.7. The van der Waals surface area contributed by atoms with Gasteiger partial charge in [0.1, 0.15) is 6.04 Å². The zero-order chi connectivity index (χ0) is 11.7. The van der Waals surface area contributed by atoms with E-state index in [0.717, 1.165) is 0 Å². The number of aliphatic hydroxyl groups is 1. The van der Waals surface area contributed by atoms with E-state index in [2.05, 4.69) is 0 Å². The van der Waals surface area contributed by atoms with Gasteiger partial charge in [-0.3, -0.25) is 4.79 Å². The Kier molecular flexibility index (Phi) is 2.93.